The molecule has 2 amide bonds. The maximum Gasteiger partial charge on any atom is 0.273 e. The number of nitrogens with one attached hydrogen (secondary N) is 3. The molecule has 0 aliphatic heterocycles. The average Bonchev–Trinajstić information content (AvgIpc) is 3.04. The predicted molar refractivity (Wildman–Crippen MR) is 110 cm³/mol. The number of aromatic nitrogens is 2. The van der Waals surface area contributed by atoms with Crippen molar-refractivity contribution >= 4 is 45.2 Å². The number of rotatable bonds is 6. The Bertz CT molecular complexity index is 1000. The number of aromatic hydroxyl groups is 1. The summed E-state index contributed by atoms with van der Waals surface area (Å²) >= 11 is 9.31. The van der Waals surface area contributed by atoms with Crippen molar-refractivity contribution in [3.63, 3.8) is 0 Å². The van der Waals surface area contributed by atoms with Gasteiger partial charge in [-0.1, -0.05) is 35.9 Å². The van der Waals surface area contributed by atoms with Crippen LogP contribution >= 0.6 is 27.5 Å². The van der Waals surface area contributed by atoms with E-state index in [0.29, 0.717) is 28.0 Å². The molecule has 0 atom stereocenters. The monoisotopic (exact) mass is 462 g/mol. The molecule has 0 fully saturated rings. The number of phenols is 1. The Balaban J connectivity index is 1.60. The molecule has 0 bridgehead atoms. The molecule has 0 unspecified atom stereocenters. The van der Waals surface area contributed by atoms with Gasteiger partial charge in [0, 0.05) is 6.54 Å². The van der Waals surface area contributed by atoms with Crippen LogP contribution in [0.25, 0.3) is 0 Å². The summed E-state index contributed by atoms with van der Waals surface area (Å²) < 4.78 is 0.343. The first-order chi connectivity index (χ1) is 13.5. The van der Waals surface area contributed by atoms with E-state index in [0.717, 1.165) is 5.56 Å². The van der Waals surface area contributed by atoms with Gasteiger partial charge < -0.3 is 15.7 Å². The number of anilines is 1. The third-order valence-corrected chi connectivity index (χ3v) is 5.02. The van der Waals surface area contributed by atoms with Crippen LogP contribution in [-0.4, -0.2) is 33.7 Å². The molecular formula is C19H16BrClN4O3. The predicted octanol–water partition coefficient (Wildman–Crippen LogP) is 3.76. The summed E-state index contributed by atoms with van der Waals surface area (Å²) in [7, 11) is 0. The van der Waals surface area contributed by atoms with Crippen molar-refractivity contribution in [2.24, 2.45) is 0 Å². The lowest BCUT2D eigenvalue weighted by Gasteiger charge is -2.06. The zero-order valence-electron chi connectivity index (χ0n) is 14.5. The number of hydrogen-bond donors (Lipinski definition) is 4. The van der Waals surface area contributed by atoms with Crippen LogP contribution in [-0.2, 0) is 6.42 Å². The number of aromatic amines is 1. The van der Waals surface area contributed by atoms with Gasteiger partial charge in [0.2, 0.25) is 0 Å². The number of amides is 2. The second kappa shape index (κ2) is 8.90. The highest BCUT2D eigenvalue weighted by molar-refractivity contribution is 9.10. The van der Waals surface area contributed by atoms with E-state index < -0.39 is 5.91 Å². The molecule has 1 heterocycles. The lowest BCUT2D eigenvalue weighted by Crippen LogP contribution is -2.26. The van der Waals surface area contributed by atoms with Crippen molar-refractivity contribution in [1.29, 1.82) is 0 Å². The summed E-state index contributed by atoms with van der Waals surface area (Å²) in [5.74, 6) is -0.359. The average molecular weight is 464 g/mol. The zero-order chi connectivity index (χ0) is 20.1. The summed E-state index contributed by atoms with van der Waals surface area (Å²) in [6, 6.07) is 13.4. The van der Waals surface area contributed by atoms with Crippen LogP contribution in [0.5, 0.6) is 5.75 Å². The fourth-order valence-electron chi connectivity index (χ4n) is 2.45. The van der Waals surface area contributed by atoms with Gasteiger partial charge >= 0.3 is 0 Å². The molecule has 0 saturated carbocycles. The third kappa shape index (κ3) is 4.71. The van der Waals surface area contributed by atoms with Crippen molar-refractivity contribution in [3.8, 4) is 5.75 Å². The van der Waals surface area contributed by atoms with Gasteiger partial charge in [0.25, 0.3) is 11.8 Å². The van der Waals surface area contributed by atoms with Crippen LogP contribution in [0.2, 0.25) is 5.02 Å². The fourth-order valence-corrected chi connectivity index (χ4v) is 3.13. The Morgan fingerprint density at radius 1 is 1.11 bits per heavy atom. The van der Waals surface area contributed by atoms with Crippen molar-refractivity contribution in [1.82, 2.24) is 15.5 Å². The molecule has 0 saturated heterocycles. The Kier molecular flexibility index (Phi) is 6.33. The molecule has 0 radical (unpaired) electrons. The molecule has 1 aromatic heterocycles. The molecule has 2 aromatic carbocycles. The van der Waals surface area contributed by atoms with Gasteiger partial charge in [-0.05, 0) is 52.2 Å². The summed E-state index contributed by atoms with van der Waals surface area (Å²) in [6.45, 7) is 0.393. The molecule has 144 valence electrons. The normalized spacial score (nSPS) is 10.5. The van der Waals surface area contributed by atoms with Gasteiger partial charge in [-0.3, -0.25) is 14.7 Å². The minimum atomic E-state index is -0.422. The molecule has 28 heavy (non-hydrogen) atoms. The number of phenolic OH excluding ortho intramolecular Hbond substituents is 1. The fraction of sp³-hybridized carbons (Fsp3) is 0.105. The maximum atomic E-state index is 12.3. The van der Waals surface area contributed by atoms with Gasteiger partial charge in [0.05, 0.1) is 15.1 Å². The van der Waals surface area contributed by atoms with Crippen LogP contribution < -0.4 is 10.6 Å². The number of hydrogen-bond acceptors (Lipinski definition) is 4. The van der Waals surface area contributed by atoms with E-state index in [-0.39, 0.29) is 23.2 Å². The topological polar surface area (TPSA) is 107 Å². The number of carbonyl (C=O) groups is 2. The van der Waals surface area contributed by atoms with Gasteiger partial charge in [-0.25, -0.2) is 0 Å². The van der Waals surface area contributed by atoms with E-state index in [4.69, 9.17) is 11.6 Å². The van der Waals surface area contributed by atoms with Crippen molar-refractivity contribution < 1.29 is 14.7 Å². The third-order valence-electron chi connectivity index (χ3n) is 3.91. The molecule has 3 aromatic rings. The lowest BCUT2D eigenvalue weighted by atomic mass is 10.1. The highest BCUT2D eigenvalue weighted by Gasteiger charge is 2.20. The van der Waals surface area contributed by atoms with Crippen molar-refractivity contribution in [2.45, 2.75) is 6.42 Å². The van der Waals surface area contributed by atoms with Gasteiger partial charge in [0.15, 0.2) is 5.69 Å². The van der Waals surface area contributed by atoms with Gasteiger partial charge in [-0.15, -0.1) is 0 Å². The number of nitrogens with zero attached hydrogens (tertiary/aromatic N) is 1. The highest BCUT2D eigenvalue weighted by Crippen LogP contribution is 2.25. The smallest absolute Gasteiger partial charge is 0.273 e. The lowest BCUT2D eigenvalue weighted by molar-refractivity contribution is 0.0947. The molecule has 0 aliphatic rings. The molecule has 7 nitrogen and oxygen atoms in total. The summed E-state index contributed by atoms with van der Waals surface area (Å²) in [6.07, 6.45) is 0.601. The first-order valence-electron chi connectivity index (χ1n) is 8.31. The van der Waals surface area contributed by atoms with Gasteiger partial charge in [-0.2, -0.15) is 5.10 Å². The van der Waals surface area contributed by atoms with E-state index in [2.05, 4.69) is 36.8 Å². The van der Waals surface area contributed by atoms with Crippen LogP contribution in [0.1, 0.15) is 26.4 Å². The highest BCUT2D eigenvalue weighted by atomic mass is 79.9. The van der Waals surface area contributed by atoms with Crippen LogP contribution in [0.3, 0.4) is 0 Å². The molecular weight excluding hydrogens is 448 g/mol. The molecule has 0 spiro atoms. The number of benzene rings is 2. The summed E-state index contributed by atoms with van der Waals surface area (Å²) in [5.41, 5.74) is 1.41. The van der Waals surface area contributed by atoms with Crippen molar-refractivity contribution in [2.75, 3.05) is 11.9 Å². The SMILES string of the molecule is O=C(Nc1[nH]nc(C(=O)NCCc2ccc(O)cc2)c1Br)c1ccccc1Cl. The minimum absolute atomic E-state index is 0.125. The molecule has 3 rings (SSSR count). The van der Waals surface area contributed by atoms with E-state index in [1.807, 2.05) is 0 Å². The number of H-pyrrole nitrogens is 1. The Morgan fingerprint density at radius 3 is 2.54 bits per heavy atom. The standard InChI is InChI=1S/C19H16BrClN4O3/c20-15-16(19(28)22-10-9-11-5-7-12(26)8-6-11)24-25-17(15)23-18(27)13-3-1-2-4-14(13)21/h1-8,26H,9-10H2,(H,22,28)(H2,23,24,25,27). The van der Waals surface area contributed by atoms with Crippen LogP contribution in [0, 0.1) is 0 Å². The maximum absolute atomic E-state index is 12.3. The molecule has 9 heteroatoms. The number of carbonyl (C=O) groups excluding carboxylic acids is 2. The quantitative estimate of drug-likeness (QED) is 0.446. The Labute approximate surface area is 174 Å². The van der Waals surface area contributed by atoms with Crippen LogP contribution in [0.4, 0.5) is 5.82 Å². The zero-order valence-corrected chi connectivity index (χ0v) is 16.8. The molecule has 4 N–H and O–H groups in total. The summed E-state index contributed by atoms with van der Waals surface area (Å²) in [5, 5.41) is 21.6. The molecule has 0 aliphatic carbocycles. The van der Waals surface area contributed by atoms with Crippen LogP contribution in [0.15, 0.2) is 53.0 Å². The second-order valence-electron chi connectivity index (χ2n) is 5.87. The number of halogens is 2. The second-order valence-corrected chi connectivity index (χ2v) is 7.07. The van der Waals surface area contributed by atoms with Crippen molar-refractivity contribution in [3.05, 3.63) is 74.8 Å². The van der Waals surface area contributed by atoms with Gasteiger partial charge in [0.1, 0.15) is 11.6 Å². The summed E-state index contributed by atoms with van der Waals surface area (Å²) in [4.78, 5) is 24.7. The van der Waals surface area contributed by atoms with E-state index in [9.17, 15) is 14.7 Å². The minimum Gasteiger partial charge on any atom is -0.508 e. The van der Waals surface area contributed by atoms with E-state index in [1.165, 1.54) is 0 Å². The van der Waals surface area contributed by atoms with E-state index in [1.54, 1.807) is 48.5 Å². The Hall–Kier alpha value is -2.84. The van der Waals surface area contributed by atoms with E-state index >= 15 is 0 Å². The first-order valence-corrected chi connectivity index (χ1v) is 9.48. The largest absolute Gasteiger partial charge is 0.508 e. The Morgan fingerprint density at radius 2 is 1.82 bits per heavy atom. The first kappa shape index (κ1) is 19.9.